The van der Waals surface area contributed by atoms with E-state index in [-0.39, 0.29) is 23.6 Å². The highest BCUT2D eigenvalue weighted by atomic mass is 32.2. The molecule has 5 nitrogen and oxygen atoms in total. The summed E-state index contributed by atoms with van der Waals surface area (Å²) in [5, 5.41) is 0. The predicted molar refractivity (Wildman–Crippen MR) is 75.5 cm³/mol. The van der Waals surface area contributed by atoms with Crippen LogP contribution in [-0.2, 0) is 9.84 Å². The standard InChI is InChI=1S/C13H21N3O2S/c1-11(14)13(12-5-2-3-6-15-12)16-7-4-9-19(17,18)10-8-16/h2-3,5-6,11,13H,4,7-10,14H2,1H3. The first-order valence-electron chi connectivity index (χ1n) is 6.60. The van der Waals surface area contributed by atoms with Crippen molar-refractivity contribution < 1.29 is 8.42 Å². The summed E-state index contributed by atoms with van der Waals surface area (Å²) in [6.45, 7) is 3.23. The molecule has 2 rings (SSSR count). The van der Waals surface area contributed by atoms with Gasteiger partial charge in [0.15, 0.2) is 9.84 Å². The van der Waals surface area contributed by atoms with Gasteiger partial charge in [-0.2, -0.15) is 0 Å². The molecule has 0 radical (unpaired) electrons. The molecule has 2 atom stereocenters. The molecule has 1 aromatic rings. The maximum atomic E-state index is 11.7. The first kappa shape index (κ1) is 14.4. The number of rotatable bonds is 3. The van der Waals surface area contributed by atoms with E-state index in [2.05, 4.69) is 9.88 Å². The van der Waals surface area contributed by atoms with Crippen LogP contribution in [0.25, 0.3) is 0 Å². The molecule has 0 bridgehead atoms. The summed E-state index contributed by atoms with van der Waals surface area (Å²) in [6, 6.07) is 5.65. The van der Waals surface area contributed by atoms with Crippen molar-refractivity contribution in [2.45, 2.75) is 25.4 Å². The Balaban J connectivity index is 2.21. The fourth-order valence-electron chi connectivity index (χ4n) is 2.58. The Kier molecular flexibility index (Phi) is 4.54. The van der Waals surface area contributed by atoms with E-state index in [0.717, 1.165) is 12.2 Å². The van der Waals surface area contributed by atoms with Crippen LogP contribution >= 0.6 is 0 Å². The molecule has 2 N–H and O–H groups in total. The predicted octanol–water partition coefficient (Wildman–Crippen LogP) is 0.590. The smallest absolute Gasteiger partial charge is 0.151 e. The van der Waals surface area contributed by atoms with Crippen molar-refractivity contribution in [2.24, 2.45) is 5.73 Å². The van der Waals surface area contributed by atoms with E-state index in [4.69, 9.17) is 5.73 Å². The third-order valence-electron chi connectivity index (χ3n) is 3.47. The SMILES string of the molecule is CC(N)C(c1ccccn1)N1CCCS(=O)(=O)CC1. The highest BCUT2D eigenvalue weighted by molar-refractivity contribution is 7.91. The van der Waals surface area contributed by atoms with Crippen molar-refractivity contribution >= 4 is 9.84 Å². The third kappa shape index (κ3) is 3.75. The van der Waals surface area contributed by atoms with Crippen molar-refractivity contribution in [3.63, 3.8) is 0 Å². The van der Waals surface area contributed by atoms with E-state index in [9.17, 15) is 8.42 Å². The Morgan fingerprint density at radius 1 is 1.32 bits per heavy atom. The molecule has 0 spiro atoms. The molecule has 1 aliphatic rings. The van der Waals surface area contributed by atoms with Gasteiger partial charge >= 0.3 is 0 Å². The Bertz CT molecular complexity index is 502. The van der Waals surface area contributed by atoms with Crippen LogP contribution in [0.3, 0.4) is 0 Å². The second kappa shape index (κ2) is 5.98. The highest BCUT2D eigenvalue weighted by Gasteiger charge is 2.28. The van der Waals surface area contributed by atoms with Gasteiger partial charge < -0.3 is 5.73 Å². The van der Waals surface area contributed by atoms with E-state index in [1.165, 1.54) is 0 Å². The number of nitrogens with zero attached hydrogens (tertiary/aromatic N) is 2. The summed E-state index contributed by atoms with van der Waals surface area (Å²) in [7, 11) is -2.90. The summed E-state index contributed by atoms with van der Waals surface area (Å²) >= 11 is 0. The third-order valence-corrected chi connectivity index (χ3v) is 5.19. The Morgan fingerprint density at radius 3 is 2.74 bits per heavy atom. The molecule has 2 unspecified atom stereocenters. The second-order valence-electron chi connectivity index (χ2n) is 5.10. The van der Waals surface area contributed by atoms with Crippen molar-refractivity contribution in [3.8, 4) is 0 Å². The molecule has 1 fully saturated rings. The average molecular weight is 283 g/mol. The number of hydrogen-bond acceptors (Lipinski definition) is 5. The molecule has 19 heavy (non-hydrogen) atoms. The van der Waals surface area contributed by atoms with E-state index in [1.54, 1.807) is 6.20 Å². The zero-order valence-electron chi connectivity index (χ0n) is 11.2. The fraction of sp³-hybridized carbons (Fsp3) is 0.615. The summed E-state index contributed by atoms with van der Waals surface area (Å²) in [6.07, 6.45) is 2.41. The molecule has 0 saturated carbocycles. The van der Waals surface area contributed by atoms with Gasteiger partial charge in [-0.05, 0) is 32.0 Å². The molecule has 0 aliphatic carbocycles. The van der Waals surface area contributed by atoms with E-state index in [1.807, 2.05) is 25.1 Å². The molecule has 0 amide bonds. The van der Waals surface area contributed by atoms with Crippen molar-refractivity contribution in [1.82, 2.24) is 9.88 Å². The lowest BCUT2D eigenvalue weighted by atomic mass is 10.0. The number of pyridine rings is 1. The van der Waals surface area contributed by atoms with Gasteiger partial charge in [0.05, 0.1) is 23.2 Å². The van der Waals surface area contributed by atoms with Crippen molar-refractivity contribution in [3.05, 3.63) is 30.1 Å². The van der Waals surface area contributed by atoms with Crippen LogP contribution in [0.15, 0.2) is 24.4 Å². The van der Waals surface area contributed by atoms with E-state index in [0.29, 0.717) is 13.0 Å². The summed E-state index contributed by atoms with van der Waals surface area (Å²) < 4.78 is 23.3. The maximum absolute atomic E-state index is 11.7. The molecule has 6 heteroatoms. The molecule has 106 valence electrons. The van der Waals surface area contributed by atoms with Gasteiger partial charge in [0.2, 0.25) is 0 Å². The zero-order valence-corrected chi connectivity index (χ0v) is 12.0. The first-order chi connectivity index (χ1) is 8.99. The number of hydrogen-bond donors (Lipinski definition) is 1. The normalized spacial score (nSPS) is 23.5. The Hall–Kier alpha value is -0.980. The van der Waals surface area contributed by atoms with Crippen LogP contribution < -0.4 is 5.73 Å². The van der Waals surface area contributed by atoms with Crippen LogP contribution in [0, 0.1) is 0 Å². The lowest BCUT2D eigenvalue weighted by Crippen LogP contribution is -2.41. The quantitative estimate of drug-likeness (QED) is 0.878. The molecule has 1 aliphatic heterocycles. The van der Waals surface area contributed by atoms with Crippen LogP contribution in [0.4, 0.5) is 0 Å². The van der Waals surface area contributed by atoms with Crippen LogP contribution in [0.2, 0.25) is 0 Å². The number of nitrogens with two attached hydrogens (primary N) is 1. The monoisotopic (exact) mass is 283 g/mol. The molecule has 0 aromatic carbocycles. The van der Waals surface area contributed by atoms with Crippen LogP contribution in [0.1, 0.15) is 25.1 Å². The van der Waals surface area contributed by atoms with Gasteiger partial charge in [-0.1, -0.05) is 6.07 Å². The highest BCUT2D eigenvalue weighted by Crippen LogP contribution is 2.23. The average Bonchev–Trinajstić information content (AvgIpc) is 2.52. The summed E-state index contributed by atoms with van der Waals surface area (Å²) in [5.74, 6) is 0.487. The van der Waals surface area contributed by atoms with Crippen LogP contribution in [0.5, 0.6) is 0 Å². The fourth-order valence-corrected chi connectivity index (χ4v) is 3.86. The van der Waals surface area contributed by atoms with Gasteiger partial charge in [0.25, 0.3) is 0 Å². The number of sulfone groups is 1. The maximum Gasteiger partial charge on any atom is 0.151 e. The zero-order chi connectivity index (χ0) is 13.9. The van der Waals surface area contributed by atoms with Gasteiger partial charge in [0, 0.05) is 18.8 Å². The number of aromatic nitrogens is 1. The molecular weight excluding hydrogens is 262 g/mol. The summed E-state index contributed by atoms with van der Waals surface area (Å²) in [5.41, 5.74) is 7.00. The van der Waals surface area contributed by atoms with Crippen LogP contribution in [-0.4, -0.2) is 48.9 Å². The van der Waals surface area contributed by atoms with Gasteiger partial charge in [-0.15, -0.1) is 0 Å². The minimum atomic E-state index is -2.90. The Labute approximate surface area is 114 Å². The first-order valence-corrected chi connectivity index (χ1v) is 8.43. The second-order valence-corrected chi connectivity index (χ2v) is 7.40. The molecule has 1 saturated heterocycles. The molecule has 2 heterocycles. The molecular formula is C13H21N3O2S. The van der Waals surface area contributed by atoms with Crippen molar-refractivity contribution in [1.29, 1.82) is 0 Å². The van der Waals surface area contributed by atoms with Gasteiger partial charge in [-0.3, -0.25) is 9.88 Å². The molecule has 1 aromatic heterocycles. The van der Waals surface area contributed by atoms with Gasteiger partial charge in [-0.25, -0.2) is 8.42 Å². The Morgan fingerprint density at radius 2 is 2.11 bits per heavy atom. The largest absolute Gasteiger partial charge is 0.326 e. The minimum Gasteiger partial charge on any atom is -0.326 e. The topological polar surface area (TPSA) is 76.3 Å². The lowest BCUT2D eigenvalue weighted by molar-refractivity contribution is 0.186. The van der Waals surface area contributed by atoms with E-state index >= 15 is 0 Å². The van der Waals surface area contributed by atoms with Gasteiger partial charge in [0.1, 0.15) is 0 Å². The summed E-state index contributed by atoms with van der Waals surface area (Å²) in [4.78, 5) is 6.52. The van der Waals surface area contributed by atoms with E-state index < -0.39 is 9.84 Å². The lowest BCUT2D eigenvalue weighted by Gasteiger charge is -2.32. The minimum absolute atomic E-state index is 0.0190. The van der Waals surface area contributed by atoms with Crippen molar-refractivity contribution in [2.75, 3.05) is 24.6 Å².